The summed E-state index contributed by atoms with van der Waals surface area (Å²) < 4.78 is 1.90. The molecule has 3 nitrogen and oxygen atoms in total. The molecular formula is C12H14ClN3S3. The third-order valence-electron chi connectivity index (χ3n) is 2.36. The Kier molecular flexibility index (Phi) is 5.53. The minimum atomic E-state index is 0.0791. The van der Waals surface area contributed by atoms with Crippen molar-refractivity contribution in [1.29, 1.82) is 0 Å². The van der Waals surface area contributed by atoms with E-state index in [2.05, 4.69) is 16.3 Å². The van der Waals surface area contributed by atoms with Gasteiger partial charge in [-0.15, -0.1) is 10.2 Å². The maximum absolute atomic E-state index is 6.27. The van der Waals surface area contributed by atoms with Gasteiger partial charge in [0.25, 0.3) is 0 Å². The number of halogens is 1. The second-order valence-corrected chi connectivity index (χ2v) is 7.77. The Morgan fingerprint density at radius 1 is 1.37 bits per heavy atom. The zero-order valence-corrected chi connectivity index (χ0v) is 13.8. The van der Waals surface area contributed by atoms with Crippen molar-refractivity contribution in [3.63, 3.8) is 0 Å². The molecule has 0 saturated heterocycles. The van der Waals surface area contributed by atoms with Gasteiger partial charge in [0, 0.05) is 16.0 Å². The first-order chi connectivity index (χ1) is 9.10. The van der Waals surface area contributed by atoms with Crippen LogP contribution in [0.15, 0.2) is 31.8 Å². The average molecular weight is 332 g/mol. The summed E-state index contributed by atoms with van der Waals surface area (Å²) in [4.78, 5) is 1.11. The Hall–Kier alpha value is -0.270. The number of nitrogens with zero attached hydrogens (tertiary/aromatic N) is 2. The van der Waals surface area contributed by atoms with Gasteiger partial charge in [0.15, 0.2) is 8.68 Å². The zero-order valence-electron chi connectivity index (χ0n) is 10.6. The van der Waals surface area contributed by atoms with Crippen molar-refractivity contribution in [2.45, 2.75) is 33.0 Å². The molecule has 0 saturated carbocycles. The van der Waals surface area contributed by atoms with Crippen molar-refractivity contribution in [3.05, 3.63) is 28.8 Å². The molecule has 19 heavy (non-hydrogen) atoms. The molecule has 1 aromatic carbocycles. The van der Waals surface area contributed by atoms with E-state index < -0.39 is 0 Å². The summed E-state index contributed by atoms with van der Waals surface area (Å²) in [5.41, 5.74) is 6.97. The second-order valence-electron chi connectivity index (χ2n) is 4.04. The minimum absolute atomic E-state index is 0.0791. The normalized spacial score (nSPS) is 12.6. The highest BCUT2D eigenvalue weighted by molar-refractivity contribution is 8.03. The predicted octanol–water partition coefficient (Wildman–Crippen LogP) is 3.95. The molecule has 0 bridgehead atoms. The van der Waals surface area contributed by atoms with Crippen molar-refractivity contribution in [2.24, 2.45) is 5.73 Å². The van der Waals surface area contributed by atoms with Crippen LogP contribution in [0.4, 0.5) is 0 Å². The Balaban J connectivity index is 2.26. The molecule has 1 unspecified atom stereocenters. The van der Waals surface area contributed by atoms with Crippen LogP contribution in [0.1, 0.15) is 12.5 Å². The second kappa shape index (κ2) is 6.95. The fourth-order valence-electron chi connectivity index (χ4n) is 1.57. The van der Waals surface area contributed by atoms with Gasteiger partial charge < -0.3 is 5.73 Å². The lowest BCUT2D eigenvalue weighted by Gasteiger charge is -2.11. The monoisotopic (exact) mass is 331 g/mol. The number of aromatic nitrogens is 2. The van der Waals surface area contributed by atoms with E-state index in [1.54, 1.807) is 34.9 Å². The van der Waals surface area contributed by atoms with Crippen LogP contribution < -0.4 is 5.73 Å². The van der Waals surface area contributed by atoms with E-state index in [9.17, 15) is 0 Å². The van der Waals surface area contributed by atoms with Gasteiger partial charge in [-0.25, -0.2) is 0 Å². The molecular weight excluding hydrogens is 318 g/mol. The third kappa shape index (κ3) is 4.10. The standard InChI is InChI=1S/C12H14ClN3S3/c1-7(14)6-8-9(13)4-3-5-10(8)18-12-16-15-11(17-2)19-12/h3-5,7H,6,14H2,1-2H3. The molecule has 0 aliphatic rings. The lowest BCUT2D eigenvalue weighted by Crippen LogP contribution is -2.18. The number of rotatable bonds is 5. The highest BCUT2D eigenvalue weighted by atomic mass is 35.5. The van der Waals surface area contributed by atoms with Crippen LogP contribution in [0.2, 0.25) is 5.02 Å². The molecule has 102 valence electrons. The van der Waals surface area contributed by atoms with E-state index in [1.165, 1.54) is 0 Å². The Labute approximate surface area is 130 Å². The van der Waals surface area contributed by atoms with E-state index in [4.69, 9.17) is 17.3 Å². The first kappa shape index (κ1) is 15.1. The maximum Gasteiger partial charge on any atom is 0.179 e. The third-order valence-corrected chi connectivity index (χ3v) is 5.77. The molecule has 1 heterocycles. The highest BCUT2D eigenvalue weighted by Gasteiger charge is 2.12. The average Bonchev–Trinajstić information content (AvgIpc) is 2.81. The molecule has 0 fully saturated rings. The Morgan fingerprint density at radius 2 is 2.11 bits per heavy atom. The van der Waals surface area contributed by atoms with Crippen LogP contribution in [0.25, 0.3) is 0 Å². The molecule has 2 aromatic rings. The van der Waals surface area contributed by atoms with Gasteiger partial charge in [-0.1, -0.05) is 52.5 Å². The quantitative estimate of drug-likeness (QED) is 0.840. The molecule has 0 aliphatic carbocycles. The summed E-state index contributed by atoms with van der Waals surface area (Å²) in [7, 11) is 0. The summed E-state index contributed by atoms with van der Waals surface area (Å²) in [6.07, 6.45) is 2.76. The lowest BCUT2D eigenvalue weighted by atomic mass is 10.1. The summed E-state index contributed by atoms with van der Waals surface area (Å²) in [6.45, 7) is 1.98. The molecule has 0 amide bonds. The molecule has 2 rings (SSSR count). The van der Waals surface area contributed by atoms with E-state index in [1.807, 2.05) is 25.3 Å². The van der Waals surface area contributed by atoms with Gasteiger partial charge in [-0.2, -0.15) is 0 Å². The molecule has 0 radical (unpaired) electrons. The van der Waals surface area contributed by atoms with Crippen molar-refractivity contribution in [2.75, 3.05) is 6.26 Å². The van der Waals surface area contributed by atoms with Crippen molar-refractivity contribution in [3.8, 4) is 0 Å². The minimum Gasteiger partial charge on any atom is -0.328 e. The summed E-state index contributed by atoms with van der Waals surface area (Å²) >= 11 is 11.1. The summed E-state index contributed by atoms with van der Waals surface area (Å²) in [6, 6.07) is 5.98. The van der Waals surface area contributed by atoms with E-state index >= 15 is 0 Å². The Morgan fingerprint density at radius 3 is 2.74 bits per heavy atom. The molecule has 0 spiro atoms. The molecule has 7 heteroatoms. The molecule has 2 N–H and O–H groups in total. The number of thioether (sulfide) groups is 1. The molecule has 1 aromatic heterocycles. The summed E-state index contributed by atoms with van der Waals surface area (Å²) in [5, 5.41) is 9.03. The number of hydrogen-bond acceptors (Lipinski definition) is 6. The smallest absolute Gasteiger partial charge is 0.179 e. The molecule has 0 aliphatic heterocycles. The SMILES string of the molecule is CSc1nnc(Sc2cccc(Cl)c2CC(C)N)s1. The first-order valence-corrected chi connectivity index (χ1v) is 8.92. The maximum atomic E-state index is 6.27. The van der Waals surface area contributed by atoms with Gasteiger partial charge in [0.1, 0.15) is 0 Å². The fourth-order valence-corrected chi connectivity index (χ4v) is 4.45. The fraction of sp³-hybridized carbons (Fsp3) is 0.333. The van der Waals surface area contributed by atoms with E-state index in [-0.39, 0.29) is 6.04 Å². The first-order valence-electron chi connectivity index (χ1n) is 5.68. The van der Waals surface area contributed by atoms with Crippen molar-refractivity contribution < 1.29 is 0 Å². The molecule has 1 atom stereocenters. The topological polar surface area (TPSA) is 51.8 Å². The van der Waals surface area contributed by atoms with Gasteiger partial charge in [0.05, 0.1) is 0 Å². The van der Waals surface area contributed by atoms with Crippen LogP contribution >= 0.6 is 46.5 Å². The summed E-state index contributed by atoms with van der Waals surface area (Å²) in [5.74, 6) is 0. The van der Waals surface area contributed by atoms with Gasteiger partial charge in [-0.3, -0.25) is 0 Å². The number of hydrogen-bond donors (Lipinski definition) is 1. The predicted molar refractivity (Wildman–Crippen MR) is 84.6 cm³/mol. The van der Waals surface area contributed by atoms with Crippen molar-refractivity contribution in [1.82, 2.24) is 10.2 Å². The number of benzene rings is 1. The van der Waals surface area contributed by atoms with Crippen LogP contribution in [-0.2, 0) is 6.42 Å². The van der Waals surface area contributed by atoms with Gasteiger partial charge >= 0.3 is 0 Å². The van der Waals surface area contributed by atoms with Crippen LogP contribution in [0.5, 0.6) is 0 Å². The lowest BCUT2D eigenvalue weighted by molar-refractivity contribution is 0.729. The van der Waals surface area contributed by atoms with E-state index in [0.717, 1.165) is 30.6 Å². The van der Waals surface area contributed by atoms with Crippen molar-refractivity contribution >= 4 is 46.5 Å². The van der Waals surface area contributed by atoms with Crippen LogP contribution in [-0.4, -0.2) is 22.5 Å². The van der Waals surface area contributed by atoms with Crippen LogP contribution in [0.3, 0.4) is 0 Å². The van der Waals surface area contributed by atoms with E-state index in [0.29, 0.717) is 0 Å². The number of nitrogens with two attached hydrogens (primary N) is 1. The highest BCUT2D eigenvalue weighted by Crippen LogP contribution is 2.37. The van der Waals surface area contributed by atoms with Gasteiger partial charge in [-0.05, 0) is 37.3 Å². The zero-order chi connectivity index (χ0) is 13.8. The largest absolute Gasteiger partial charge is 0.328 e. The van der Waals surface area contributed by atoms with Crippen LogP contribution in [0, 0.1) is 0 Å². The van der Waals surface area contributed by atoms with Gasteiger partial charge in [0.2, 0.25) is 0 Å². The Bertz CT molecular complexity index is 557.